The van der Waals surface area contributed by atoms with Crippen LogP contribution >= 0.6 is 11.3 Å². The van der Waals surface area contributed by atoms with Gasteiger partial charge in [0.1, 0.15) is 5.82 Å². The zero-order valence-electron chi connectivity index (χ0n) is 11.9. The first-order chi connectivity index (χ1) is 10.7. The van der Waals surface area contributed by atoms with Gasteiger partial charge in [0.2, 0.25) is 0 Å². The van der Waals surface area contributed by atoms with Crippen LogP contribution in [0.3, 0.4) is 0 Å². The van der Waals surface area contributed by atoms with Crippen molar-refractivity contribution in [3.8, 4) is 21.6 Å². The Bertz CT molecular complexity index is 823. The van der Waals surface area contributed by atoms with Crippen LogP contribution in [0, 0.1) is 5.82 Å². The number of rotatable bonds is 3. The predicted octanol–water partition coefficient (Wildman–Crippen LogP) is 5.01. The van der Waals surface area contributed by atoms with Crippen molar-refractivity contribution >= 4 is 17.3 Å². The Morgan fingerprint density at radius 1 is 1.05 bits per heavy atom. The molecule has 2 aromatic carbocycles. The molecule has 0 radical (unpaired) electrons. The molecule has 22 heavy (non-hydrogen) atoms. The van der Waals surface area contributed by atoms with Gasteiger partial charge >= 0.3 is 5.97 Å². The van der Waals surface area contributed by atoms with Crippen molar-refractivity contribution in [2.24, 2.45) is 0 Å². The Morgan fingerprint density at radius 2 is 1.86 bits per heavy atom. The van der Waals surface area contributed by atoms with Crippen molar-refractivity contribution in [3.63, 3.8) is 0 Å². The minimum absolute atomic E-state index is 0.282. The lowest BCUT2D eigenvalue weighted by Gasteiger charge is -2.09. The molecule has 0 aliphatic heterocycles. The maximum absolute atomic E-state index is 13.5. The number of hydrogen-bond donors (Lipinski definition) is 0. The summed E-state index contributed by atoms with van der Waals surface area (Å²) in [5.74, 6) is -0.662. The Morgan fingerprint density at radius 3 is 2.64 bits per heavy atom. The minimum Gasteiger partial charge on any atom is -0.465 e. The second kappa shape index (κ2) is 6.12. The van der Waals surface area contributed by atoms with Gasteiger partial charge in [0.25, 0.3) is 0 Å². The largest absolute Gasteiger partial charge is 0.465 e. The van der Waals surface area contributed by atoms with Gasteiger partial charge in [-0.2, -0.15) is 0 Å². The highest BCUT2D eigenvalue weighted by atomic mass is 32.1. The number of carbonyl (C=O) groups excluding carboxylic acids is 1. The lowest BCUT2D eigenvalue weighted by atomic mass is 9.99. The first kappa shape index (κ1) is 14.5. The van der Waals surface area contributed by atoms with Gasteiger partial charge in [-0.05, 0) is 35.2 Å². The topological polar surface area (TPSA) is 26.3 Å². The molecule has 0 bridgehead atoms. The van der Waals surface area contributed by atoms with Crippen LogP contribution in [0.1, 0.15) is 10.4 Å². The van der Waals surface area contributed by atoms with Crippen molar-refractivity contribution in [3.05, 3.63) is 71.4 Å². The molecular formula is C18H13FO2S. The summed E-state index contributed by atoms with van der Waals surface area (Å²) >= 11 is 1.52. The molecule has 3 aromatic rings. The van der Waals surface area contributed by atoms with Gasteiger partial charge in [0.15, 0.2) is 0 Å². The van der Waals surface area contributed by atoms with Crippen LogP contribution in [-0.2, 0) is 4.74 Å². The minimum atomic E-state index is -0.380. The van der Waals surface area contributed by atoms with Crippen LogP contribution in [-0.4, -0.2) is 13.1 Å². The highest BCUT2D eigenvalue weighted by Crippen LogP contribution is 2.38. The quantitative estimate of drug-likeness (QED) is 0.636. The van der Waals surface area contributed by atoms with Crippen molar-refractivity contribution in [2.45, 2.75) is 0 Å². The predicted molar refractivity (Wildman–Crippen MR) is 86.5 cm³/mol. The molecule has 0 unspecified atom stereocenters. The number of esters is 1. The number of halogens is 1. The molecule has 0 fully saturated rings. The molecule has 1 aromatic heterocycles. The van der Waals surface area contributed by atoms with Crippen LogP contribution in [0.25, 0.3) is 21.6 Å². The Balaban J connectivity index is 2.16. The van der Waals surface area contributed by atoms with Crippen molar-refractivity contribution in [2.75, 3.05) is 7.11 Å². The smallest absolute Gasteiger partial charge is 0.338 e. The van der Waals surface area contributed by atoms with E-state index in [1.54, 1.807) is 18.2 Å². The van der Waals surface area contributed by atoms with Crippen LogP contribution in [0.15, 0.2) is 60.0 Å². The van der Waals surface area contributed by atoms with E-state index < -0.39 is 0 Å². The van der Waals surface area contributed by atoms with E-state index in [0.717, 1.165) is 21.6 Å². The molecule has 0 saturated carbocycles. The van der Waals surface area contributed by atoms with Gasteiger partial charge in [-0.15, -0.1) is 11.3 Å². The van der Waals surface area contributed by atoms with E-state index in [9.17, 15) is 9.18 Å². The monoisotopic (exact) mass is 312 g/mol. The summed E-state index contributed by atoms with van der Waals surface area (Å²) in [7, 11) is 1.36. The summed E-state index contributed by atoms with van der Waals surface area (Å²) in [4.78, 5) is 12.9. The molecular weight excluding hydrogens is 299 g/mol. The van der Waals surface area contributed by atoms with Gasteiger partial charge in [0.05, 0.1) is 12.7 Å². The average Bonchev–Trinajstić information content (AvgIpc) is 3.03. The standard InChI is InChI=1S/C18H13FO2S/c1-21-18(20)16-8-3-2-7-15(16)17-14(9-10-22-17)12-5-4-6-13(19)11-12/h2-11H,1H3. The summed E-state index contributed by atoms with van der Waals surface area (Å²) in [6.07, 6.45) is 0. The van der Waals surface area contributed by atoms with Crippen molar-refractivity contribution in [1.29, 1.82) is 0 Å². The molecule has 0 atom stereocenters. The first-order valence-corrected chi connectivity index (χ1v) is 7.60. The third kappa shape index (κ3) is 2.65. The summed E-state index contributed by atoms with van der Waals surface area (Å²) in [5, 5.41) is 1.93. The fourth-order valence-corrected chi connectivity index (χ4v) is 3.33. The van der Waals surface area contributed by atoms with E-state index in [1.165, 1.54) is 30.6 Å². The van der Waals surface area contributed by atoms with Gasteiger partial charge < -0.3 is 4.74 Å². The van der Waals surface area contributed by atoms with Crippen LogP contribution in [0.5, 0.6) is 0 Å². The van der Waals surface area contributed by atoms with Gasteiger partial charge in [-0.25, -0.2) is 9.18 Å². The Kier molecular flexibility index (Phi) is 4.02. The molecule has 3 rings (SSSR count). The fourth-order valence-electron chi connectivity index (χ4n) is 2.37. The van der Waals surface area contributed by atoms with Crippen LogP contribution in [0.2, 0.25) is 0 Å². The Labute approximate surface area is 131 Å². The molecule has 0 spiro atoms. The molecule has 110 valence electrons. The van der Waals surface area contributed by atoms with Gasteiger partial charge in [-0.1, -0.05) is 30.3 Å². The fraction of sp³-hybridized carbons (Fsp3) is 0.0556. The summed E-state index contributed by atoms with van der Waals surface area (Å²) < 4.78 is 18.3. The number of methoxy groups -OCH3 is 1. The summed E-state index contributed by atoms with van der Waals surface area (Å²) in [5.41, 5.74) is 2.99. The molecule has 2 nitrogen and oxygen atoms in total. The molecule has 0 aliphatic rings. The number of hydrogen-bond acceptors (Lipinski definition) is 3. The number of carbonyl (C=O) groups is 1. The van der Waals surface area contributed by atoms with E-state index >= 15 is 0 Å². The number of ether oxygens (including phenoxy) is 1. The zero-order valence-corrected chi connectivity index (χ0v) is 12.7. The summed E-state index contributed by atoms with van der Waals surface area (Å²) in [6.45, 7) is 0. The highest BCUT2D eigenvalue weighted by Gasteiger charge is 2.17. The third-order valence-corrected chi connectivity index (χ3v) is 4.33. The third-order valence-electron chi connectivity index (χ3n) is 3.38. The number of benzene rings is 2. The normalized spacial score (nSPS) is 10.5. The molecule has 1 heterocycles. The molecule has 4 heteroatoms. The van der Waals surface area contributed by atoms with E-state index in [0.29, 0.717) is 5.56 Å². The first-order valence-electron chi connectivity index (χ1n) is 6.72. The highest BCUT2D eigenvalue weighted by molar-refractivity contribution is 7.14. The lowest BCUT2D eigenvalue weighted by Crippen LogP contribution is -2.03. The average molecular weight is 312 g/mol. The summed E-state index contributed by atoms with van der Waals surface area (Å²) in [6, 6.07) is 15.7. The van der Waals surface area contributed by atoms with Crippen LogP contribution in [0.4, 0.5) is 4.39 Å². The molecule has 0 saturated heterocycles. The van der Waals surface area contributed by atoms with Gasteiger partial charge in [0, 0.05) is 16.0 Å². The molecule has 0 N–H and O–H groups in total. The SMILES string of the molecule is COC(=O)c1ccccc1-c1sccc1-c1cccc(F)c1. The lowest BCUT2D eigenvalue weighted by molar-refractivity contribution is 0.0601. The maximum atomic E-state index is 13.5. The zero-order chi connectivity index (χ0) is 15.5. The van der Waals surface area contributed by atoms with Crippen molar-refractivity contribution < 1.29 is 13.9 Å². The van der Waals surface area contributed by atoms with E-state index in [4.69, 9.17) is 4.74 Å². The van der Waals surface area contributed by atoms with E-state index in [1.807, 2.05) is 29.6 Å². The number of thiophene rings is 1. The van der Waals surface area contributed by atoms with E-state index in [-0.39, 0.29) is 11.8 Å². The second-order valence-corrected chi connectivity index (χ2v) is 5.63. The van der Waals surface area contributed by atoms with E-state index in [2.05, 4.69) is 0 Å². The molecule has 0 aliphatic carbocycles. The maximum Gasteiger partial charge on any atom is 0.338 e. The second-order valence-electron chi connectivity index (χ2n) is 4.71. The van der Waals surface area contributed by atoms with Crippen LogP contribution < -0.4 is 0 Å². The molecule has 0 amide bonds. The Hall–Kier alpha value is -2.46. The van der Waals surface area contributed by atoms with Gasteiger partial charge in [-0.3, -0.25) is 0 Å². The van der Waals surface area contributed by atoms with Crippen molar-refractivity contribution in [1.82, 2.24) is 0 Å².